The zero-order valence-electron chi connectivity index (χ0n) is 32.8. The van der Waals surface area contributed by atoms with E-state index < -0.39 is 0 Å². The molecule has 0 N–H and O–H groups in total. The van der Waals surface area contributed by atoms with E-state index in [1.165, 1.54) is 59.4 Å². The summed E-state index contributed by atoms with van der Waals surface area (Å²) in [5.74, 6) is 0.699. The van der Waals surface area contributed by atoms with E-state index in [2.05, 4.69) is 199 Å². The summed E-state index contributed by atoms with van der Waals surface area (Å²) < 4.78 is 4.80. The molecule has 4 nitrogen and oxygen atoms in total. The van der Waals surface area contributed by atoms with Crippen LogP contribution in [0.2, 0.25) is 0 Å². The summed E-state index contributed by atoms with van der Waals surface area (Å²) in [6.07, 6.45) is 2.87. The summed E-state index contributed by atoms with van der Waals surface area (Å²) in [6.45, 7) is 4.42. The molecule has 0 atom stereocenters. The largest absolute Gasteiger partial charge is 0.309 e. The molecule has 0 spiro atoms. The fraction of sp³-hybridized carbons (Fsp3) is 0.0545. The Morgan fingerprint density at radius 1 is 0.424 bits per heavy atom. The van der Waals surface area contributed by atoms with Crippen LogP contribution < -0.4 is 0 Å². The lowest BCUT2D eigenvalue weighted by Gasteiger charge is -2.17. The minimum atomic E-state index is 0.699. The normalized spacial score (nSPS) is 12.0. The Morgan fingerprint density at radius 2 is 0.814 bits per heavy atom. The predicted octanol–water partition coefficient (Wildman–Crippen LogP) is 14.3. The molecule has 278 valence electrons. The van der Waals surface area contributed by atoms with Crippen LogP contribution in [0.5, 0.6) is 0 Å². The third kappa shape index (κ3) is 5.03. The van der Waals surface area contributed by atoms with Crippen LogP contribution in [0, 0.1) is 6.92 Å². The quantitative estimate of drug-likeness (QED) is 0.164. The maximum absolute atomic E-state index is 5.56. The van der Waals surface area contributed by atoms with Crippen molar-refractivity contribution in [2.45, 2.75) is 20.3 Å². The average Bonchev–Trinajstić information content (AvgIpc) is 3.82. The summed E-state index contributed by atoms with van der Waals surface area (Å²) >= 11 is 0. The van der Waals surface area contributed by atoms with Crippen molar-refractivity contribution in [2.24, 2.45) is 0 Å². The van der Waals surface area contributed by atoms with Gasteiger partial charge in [0, 0.05) is 50.2 Å². The smallest absolute Gasteiger partial charge is 0.159 e. The molecule has 0 aliphatic rings. The van der Waals surface area contributed by atoms with Gasteiger partial charge in [-0.15, -0.1) is 0 Å². The molecule has 0 saturated heterocycles. The number of benzene rings is 9. The monoisotopic (exact) mass is 754 g/mol. The van der Waals surface area contributed by atoms with Gasteiger partial charge in [-0.1, -0.05) is 134 Å². The molecule has 4 heteroatoms. The number of hydrogen-bond donors (Lipinski definition) is 0. The lowest BCUT2D eigenvalue weighted by molar-refractivity contribution is 1.05. The molecule has 0 unspecified atom stereocenters. The molecule has 0 radical (unpaired) electrons. The third-order valence-corrected chi connectivity index (χ3v) is 12.4. The Hall–Kier alpha value is -7.56. The van der Waals surface area contributed by atoms with Crippen LogP contribution in [-0.4, -0.2) is 19.1 Å². The number of rotatable bonds is 5. The molecule has 59 heavy (non-hydrogen) atoms. The first-order valence-electron chi connectivity index (χ1n) is 20.5. The van der Waals surface area contributed by atoms with Gasteiger partial charge in [-0.2, -0.15) is 0 Å². The van der Waals surface area contributed by atoms with Crippen molar-refractivity contribution in [3.8, 4) is 34.0 Å². The lowest BCUT2D eigenvalue weighted by Crippen LogP contribution is -2.03. The van der Waals surface area contributed by atoms with E-state index in [0.29, 0.717) is 5.82 Å². The average molecular weight is 755 g/mol. The van der Waals surface area contributed by atoms with Crippen LogP contribution in [0.1, 0.15) is 18.1 Å². The van der Waals surface area contributed by atoms with E-state index in [1.807, 2.05) is 6.20 Å². The first-order valence-corrected chi connectivity index (χ1v) is 20.5. The van der Waals surface area contributed by atoms with Crippen LogP contribution >= 0.6 is 0 Å². The number of aromatic nitrogens is 4. The maximum Gasteiger partial charge on any atom is 0.159 e. The van der Waals surface area contributed by atoms with Gasteiger partial charge in [0.25, 0.3) is 0 Å². The fourth-order valence-electron chi connectivity index (χ4n) is 9.74. The van der Waals surface area contributed by atoms with Crippen molar-refractivity contribution >= 4 is 75.9 Å². The molecule has 12 rings (SSSR count). The van der Waals surface area contributed by atoms with Crippen molar-refractivity contribution in [3.05, 3.63) is 193 Å². The van der Waals surface area contributed by atoms with Crippen molar-refractivity contribution in [2.75, 3.05) is 0 Å². The van der Waals surface area contributed by atoms with Crippen LogP contribution in [0.15, 0.2) is 182 Å². The molecule has 0 bridgehead atoms. The predicted molar refractivity (Wildman–Crippen MR) is 248 cm³/mol. The van der Waals surface area contributed by atoms with Crippen LogP contribution in [0.3, 0.4) is 0 Å². The molecular weight excluding hydrogens is 717 g/mol. The molecule has 9 aromatic carbocycles. The molecule has 0 fully saturated rings. The van der Waals surface area contributed by atoms with Crippen molar-refractivity contribution in [3.63, 3.8) is 0 Å². The number of para-hydroxylation sites is 4. The third-order valence-electron chi connectivity index (χ3n) is 12.4. The van der Waals surface area contributed by atoms with Gasteiger partial charge in [-0.25, -0.2) is 9.97 Å². The molecule has 12 aromatic rings. The molecular formula is C55H38N4. The molecule has 3 aromatic heterocycles. The number of hydrogen-bond acceptors (Lipinski definition) is 2. The van der Waals surface area contributed by atoms with Gasteiger partial charge >= 0.3 is 0 Å². The molecule has 0 aliphatic carbocycles. The lowest BCUT2D eigenvalue weighted by atomic mass is 9.90. The first-order chi connectivity index (χ1) is 29.1. The fourth-order valence-corrected chi connectivity index (χ4v) is 9.74. The standard InChI is InChI=1S/C55H38N4/c1-3-35-33-56-55(57-54(35)47-32-49-42-19-7-5-17-40(42)39-16-4-6-18-41(39)48(49)28-34(47)2)36-29-37(58-50-24-12-8-20-43(50)44-21-9-13-25-51(44)58)31-38(30-36)59-52-26-14-10-22-45(52)46-23-11-15-27-53(46)59/h4-33H,3H2,1-2H3. The van der Waals surface area contributed by atoms with Gasteiger partial charge in [-0.3, -0.25) is 0 Å². The zero-order chi connectivity index (χ0) is 39.2. The highest BCUT2D eigenvalue weighted by Gasteiger charge is 2.20. The van der Waals surface area contributed by atoms with Gasteiger partial charge in [0.2, 0.25) is 0 Å². The van der Waals surface area contributed by atoms with E-state index in [1.54, 1.807) is 0 Å². The Bertz CT molecular complexity index is 3440. The van der Waals surface area contributed by atoms with E-state index in [4.69, 9.17) is 9.97 Å². The van der Waals surface area contributed by atoms with Crippen molar-refractivity contribution < 1.29 is 0 Å². The summed E-state index contributed by atoms with van der Waals surface area (Å²) in [6, 6.07) is 64.0. The highest BCUT2D eigenvalue weighted by Crippen LogP contribution is 2.41. The minimum Gasteiger partial charge on any atom is -0.309 e. The second-order valence-electron chi connectivity index (χ2n) is 15.7. The summed E-state index contributed by atoms with van der Waals surface area (Å²) in [4.78, 5) is 10.7. The zero-order valence-corrected chi connectivity index (χ0v) is 32.8. The summed E-state index contributed by atoms with van der Waals surface area (Å²) in [5, 5.41) is 12.5. The number of nitrogens with zero attached hydrogens (tertiary/aromatic N) is 4. The van der Waals surface area contributed by atoms with Gasteiger partial charge in [-0.05, 0) is 105 Å². The highest BCUT2D eigenvalue weighted by atomic mass is 15.0. The Labute approximate surface area is 341 Å². The van der Waals surface area contributed by atoms with E-state index >= 15 is 0 Å². The van der Waals surface area contributed by atoms with Gasteiger partial charge in [0.15, 0.2) is 5.82 Å². The number of aryl methyl sites for hydroxylation is 2. The molecule has 3 heterocycles. The van der Waals surface area contributed by atoms with E-state index in [9.17, 15) is 0 Å². The SMILES string of the molecule is CCc1cnc(-c2cc(-n3c4ccccc4c4ccccc43)cc(-n3c4ccccc4c4ccccc43)c2)nc1-c1cc2c3ccccc3c3ccccc3c2cc1C. The number of fused-ring (bicyclic) bond motifs is 12. The van der Waals surface area contributed by atoms with E-state index in [-0.39, 0.29) is 0 Å². The molecule has 0 saturated carbocycles. The molecule has 0 aliphatic heterocycles. The second-order valence-corrected chi connectivity index (χ2v) is 15.7. The highest BCUT2D eigenvalue weighted by molar-refractivity contribution is 6.26. The van der Waals surface area contributed by atoms with Crippen molar-refractivity contribution in [1.29, 1.82) is 0 Å². The van der Waals surface area contributed by atoms with Crippen molar-refractivity contribution in [1.82, 2.24) is 19.1 Å². The Kier molecular flexibility index (Phi) is 7.39. The second kappa shape index (κ2) is 13.0. The Morgan fingerprint density at radius 3 is 1.25 bits per heavy atom. The summed E-state index contributed by atoms with van der Waals surface area (Å²) in [5.41, 5.74) is 12.2. The summed E-state index contributed by atoms with van der Waals surface area (Å²) in [7, 11) is 0. The first kappa shape index (κ1) is 33.6. The minimum absolute atomic E-state index is 0.699. The Balaban J connectivity index is 1.14. The van der Waals surface area contributed by atoms with Crippen LogP contribution in [0.4, 0.5) is 0 Å². The van der Waals surface area contributed by atoms with Gasteiger partial charge in [0.05, 0.1) is 27.8 Å². The van der Waals surface area contributed by atoms with Crippen LogP contribution in [0.25, 0.3) is 110 Å². The maximum atomic E-state index is 5.56. The molecule has 0 amide bonds. The van der Waals surface area contributed by atoms with Gasteiger partial charge < -0.3 is 9.13 Å². The van der Waals surface area contributed by atoms with Crippen LogP contribution in [-0.2, 0) is 6.42 Å². The van der Waals surface area contributed by atoms with Gasteiger partial charge in [0.1, 0.15) is 0 Å². The topological polar surface area (TPSA) is 35.6 Å². The van der Waals surface area contributed by atoms with E-state index in [0.717, 1.165) is 62.2 Å².